The number of nitrogens with zero attached hydrogens (tertiary/aromatic N) is 2. The van der Waals surface area contributed by atoms with Gasteiger partial charge in [-0.2, -0.15) is 5.10 Å². The number of hydrogen-bond donors (Lipinski definition) is 1. The van der Waals surface area contributed by atoms with E-state index in [2.05, 4.69) is 17.3 Å². The molecule has 0 fully saturated rings. The summed E-state index contributed by atoms with van der Waals surface area (Å²) in [6.45, 7) is 10.2. The Morgan fingerprint density at radius 3 is 2.44 bits per heavy atom. The first-order valence-electron chi connectivity index (χ1n) is 6.57. The zero-order valence-electron chi connectivity index (χ0n) is 12.4. The van der Waals surface area contributed by atoms with Crippen LogP contribution in [0.25, 0.3) is 0 Å². The third-order valence-corrected chi connectivity index (χ3v) is 3.62. The van der Waals surface area contributed by atoms with E-state index in [9.17, 15) is 4.79 Å². The van der Waals surface area contributed by atoms with Gasteiger partial charge in [-0.3, -0.25) is 9.48 Å². The molecule has 1 aromatic heterocycles. The van der Waals surface area contributed by atoms with Gasteiger partial charge in [0.1, 0.15) is 0 Å². The lowest BCUT2D eigenvalue weighted by molar-refractivity contribution is -0.122. The summed E-state index contributed by atoms with van der Waals surface area (Å²) in [6, 6.07) is 0. The minimum Gasteiger partial charge on any atom is -0.351 e. The average molecular weight is 251 g/mol. The molecule has 0 unspecified atom stereocenters. The minimum atomic E-state index is -0.115. The van der Waals surface area contributed by atoms with Crippen LogP contribution < -0.4 is 5.32 Å². The summed E-state index contributed by atoms with van der Waals surface area (Å²) < 4.78 is 1.87. The van der Waals surface area contributed by atoms with E-state index in [0.717, 1.165) is 24.2 Å². The van der Waals surface area contributed by atoms with E-state index >= 15 is 0 Å². The smallest absolute Gasteiger partial charge is 0.220 e. The summed E-state index contributed by atoms with van der Waals surface area (Å²) >= 11 is 0. The maximum absolute atomic E-state index is 11.9. The third kappa shape index (κ3) is 3.59. The normalized spacial score (nSPS) is 11.7. The van der Waals surface area contributed by atoms with Crippen molar-refractivity contribution in [3.63, 3.8) is 0 Å². The van der Waals surface area contributed by atoms with Crippen LogP contribution >= 0.6 is 0 Å². The molecule has 18 heavy (non-hydrogen) atoms. The van der Waals surface area contributed by atoms with Gasteiger partial charge >= 0.3 is 0 Å². The average Bonchev–Trinajstić information content (AvgIpc) is 2.50. The van der Waals surface area contributed by atoms with Crippen molar-refractivity contribution in [2.24, 2.45) is 7.05 Å². The molecule has 0 aromatic carbocycles. The second-order valence-electron chi connectivity index (χ2n) is 5.56. The van der Waals surface area contributed by atoms with Gasteiger partial charge in [0.2, 0.25) is 5.91 Å². The summed E-state index contributed by atoms with van der Waals surface area (Å²) in [5.74, 6) is 0.115. The number of hydrogen-bond acceptors (Lipinski definition) is 2. The first-order chi connectivity index (χ1) is 8.26. The SMILES string of the molecule is CCC(C)(C)NC(=O)CCc1c(C)nn(C)c1C. The largest absolute Gasteiger partial charge is 0.351 e. The van der Waals surface area contributed by atoms with Crippen molar-refractivity contribution < 1.29 is 4.79 Å². The van der Waals surface area contributed by atoms with Crippen molar-refractivity contribution in [3.05, 3.63) is 17.0 Å². The molecule has 4 nitrogen and oxygen atoms in total. The maximum atomic E-state index is 11.9. The van der Waals surface area contributed by atoms with Gasteiger partial charge in [-0.15, -0.1) is 0 Å². The molecule has 0 radical (unpaired) electrons. The lowest BCUT2D eigenvalue weighted by atomic mass is 10.0. The highest BCUT2D eigenvalue weighted by molar-refractivity contribution is 5.77. The van der Waals surface area contributed by atoms with E-state index in [1.54, 1.807) is 0 Å². The summed E-state index contributed by atoms with van der Waals surface area (Å²) in [6.07, 6.45) is 2.22. The molecule has 0 saturated carbocycles. The zero-order valence-corrected chi connectivity index (χ0v) is 12.4. The van der Waals surface area contributed by atoms with Crippen LogP contribution in [0.4, 0.5) is 0 Å². The molecular weight excluding hydrogens is 226 g/mol. The molecule has 0 aliphatic carbocycles. The number of carbonyl (C=O) groups excluding carboxylic acids is 1. The van der Waals surface area contributed by atoms with Crippen molar-refractivity contribution in [1.82, 2.24) is 15.1 Å². The van der Waals surface area contributed by atoms with Crippen molar-refractivity contribution in [2.75, 3.05) is 0 Å². The fourth-order valence-corrected chi connectivity index (χ4v) is 1.95. The highest BCUT2D eigenvalue weighted by Gasteiger charge is 2.18. The quantitative estimate of drug-likeness (QED) is 0.872. The Bertz CT molecular complexity index is 432. The molecule has 0 atom stereocenters. The molecule has 102 valence electrons. The van der Waals surface area contributed by atoms with Crippen LogP contribution in [0.3, 0.4) is 0 Å². The number of rotatable bonds is 5. The topological polar surface area (TPSA) is 46.9 Å². The Morgan fingerprint density at radius 2 is 2.00 bits per heavy atom. The minimum absolute atomic E-state index is 0.115. The number of amides is 1. The van der Waals surface area contributed by atoms with E-state index < -0.39 is 0 Å². The van der Waals surface area contributed by atoms with Gasteiger partial charge in [0.05, 0.1) is 5.69 Å². The third-order valence-electron chi connectivity index (χ3n) is 3.62. The molecule has 1 rings (SSSR count). The van der Waals surface area contributed by atoms with Crippen molar-refractivity contribution >= 4 is 5.91 Å². The summed E-state index contributed by atoms with van der Waals surface area (Å²) in [5, 5.41) is 7.42. The molecule has 0 aliphatic heterocycles. The number of aryl methyl sites for hydroxylation is 2. The van der Waals surface area contributed by atoms with Crippen LogP contribution in [0.1, 0.15) is 50.6 Å². The molecule has 0 spiro atoms. The van der Waals surface area contributed by atoms with Gasteiger partial charge in [0.25, 0.3) is 0 Å². The van der Waals surface area contributed by atoms with Crippen molar-refractivity contribution in [3.8, 4) is 0 Å². The predicted octanol–water partition coefficient (Wildman–Crippen LogP) is 2.27. The molecule has 0 bridgehead atoms. The van der Waals surface area contributed by atoms with E-state index in [1.807, 2.05) is 39.4 Å². The van der Waals surface area contributed by atoms with Crippen molar-refractivity contribution in [1.29, 1.82) is 0 Å². The molecule has 1 heterocycles. The molecule has 4 heteroatoms. The molecular formula is C14H25N3O. The van der Waals surface area contributed by atoms with Crippen LogP contribution in [-0.4, -0.2) is 21.2 Å². The predicted molar refractivity (Wildman–Crippen MR) is 73.5 cm³/mol. The van der Waals surface area contributed by atoms with E-state index in [4.69, 9.17) is 0 Å². The molecule has 0 saturated heterocycles. The maximum Gasteiger partial charge on any atom is 0.220 e. The molecule has 1 aromatic rings. The zero-order chi connectivity index (χ0) is 13.9. The Balaban J connectivity index is 2.58. The van der Waals surface area contributed by atoms with Crippen molar-refractivity contribution in [2.45, 2.75) is 59.4 Å². The Kier molecular flexibility index (Phi) is 4.54. The second-order valence-corrected chi connectivity index (χ2v) is 5.56. The van der Waals surface area contributed by atoms with Gasteiger partial charge in [-0.25, -0.2) is 0 Å². The lowest BCUT2D eigenvalue weighted by Gasteiger charge is -2.24. The van der Waals surface area contributed by atoms with E-state index in [0.29, 0.717) is 6.42 Å². The van der Waals surface area contributed by atoms with Crippen LogP contribution in [-0.2, 0) is 18.3 Å². The number of aromatic nitrogens is 2. The van der Waals surface area contributed by atoms with E-state index in [-0.39, 0.29) is 11.4 Å². The number of carbonyl (C=O) groups is 1. The van der Waals surface area contributed by atoms with Crippen LogP contribution in [0.5, 0.6) is 0 Å². The standard InChI is InChI=1S/C14H25N3O/c1-7-14(4,5)15-13(18)9-8-12-10(2)16-17(6)11(12)3/h7-9H2,1-6H3,(H,15,18). The fourth-order valence-electron chi connectivity index (χ4n) is 1.95. The van der Waals surface area contributed by atoms with Gasteiger partial charge < -0.3 is 5.32 Å². The van der Waals surface area contributed by atoms with Gasteiger partial charge in [-0.05, 0) is 46.1 Å². The second kappa shape index (κ2) is 5.55. The van der Waals surface area contributed by atoms with Gasteiger partial charge in [0.15, 0.2) is 0 Å². The first kappa shape index (κ1) is 14.7. The Hall–Kier alpha value is -1.32. The highest BCUT2D eigenvalue weighted by atomic mass is 16.1. The van der Waals surface area contributed by atoms with Gasteiger partial charge in [-0.1, -0.05) is 6.92 Å². The van der Waals surface area contributed by atoms with Crippen LogP contribution in [0.15, 0.2) is 0 Å². The Morgan fingerprint density at radius 1 is 1.39 bits per heavy atom. The summed E-state index contributed by atoms with van der Waals surface area (Å²) in [4.78, 5) is 11.9. The Labute approximate surface area is 110 Å². The van der Waals surface area contributed by atoms with E-state index in [1.165, 1.54) is 5.56 Å². The molecule has 1 amide bonds. The van der Waals surface area contributed by atoms with Gasteiger partial charge in [0, 0.05) is 24.7 Å². The summed E-state index contributed by atoms with van der Waals surface area (Å²) in [7, 11) is 1.94. The monoisotopic (exact) mass is 251 g/mol. The summed E-state index contributed by atoms with van der Waals surface area (Å²) in [5.41, 5.74) is 3.25. The lowest BCUT2D eigenvalue weighted by Crippen LogP contribution is -2.42. The fraction of sp³-hybridized carbons (Fsp3) is 0.714. The number of nitrogens with one attached hydrogen (secondary N) is 1. The van der Waals surface area contributed by atoms with Crippen LogP contribution in [0.2, 0.25) is 0 Å². The highest BCUT2D eigenvalue weighted by Crippen LogP contribution is 2.14. The first-order valence-corrected chi connectivity index (χ1v) is 6.57. The van der Waals surface area contributed by atoms with Crippen LogP contribution in [0, 0.1) is 13.8 Å². The molecule has 0 aliphatic rings. The molecule has 1 N–H and O–H groups in total.